The van der Waals surface area contributed by atoms with Crippen LogP contribution in [0.2, 0.25) is 0 Å². The summed E-state index contributed by atoms with van der Waals surface area (Å²) in [5, 5.41) is 3.33. The number of rotatable bonds is 1. The molecule has 1 N–H and O–H groups in total. The lowest BCUT2D eigenvalue weighted by Crippen LogP contribution is -2.46. The predicted octanol–water partition coefficient (Wildman–Crippen LogP) is 0.0215. The summed E-state index contributed by atoms with van der Waals surface area (Å²) in [5.41, 5.74) is 0.237. The molecule has 4 nitrogen and oxygen atoms in total. The van der Waals surface area contributed by atoms with Gasteiger partial charge in [0.1, 0.15) is 0 Å². The third-order valence-electron chi connectivity index (χ3n) is 3.43. The van der Waals surface area contributed by atoms with Gasteiger partial charge in [0.15, 0.2) is 0 Å². The zero-order chi connectivity index (χ0) is 10.2. The van der Waals surface area contributed by atoms with Crippen LogP contribution in [-0.2, 0) is 10.0 Å². The Labute approximate surface area is 85.7 Å². The Bertz CT molecular complexity index is 307. The van der Waals surface area contributed by atoms with Gasteiger partial charge in [-0.1, -0.05) is 0 Å². The van der Waals surface area contributed by atoms with E-state index in [2.05, 4.69) is 5.32 Å². The minimum atomic E-state index is -2.98. The van der Waals surface area contributed by atoms with Crippen molar-refractivity contribution in [1.82, 2.24) is 9.62 Å². The summed E-state index contributed by atoms with van der Waals surface area (Å²) in [6.07, 6.45) is 4.62. The molecule has 14 heavy (non-hydrogen) atoms. The summed E-state index contributed by atoms with van der Waals surface area (Å²) in [5.74, 6) is 0. The first-order valence-corrected chi connectivity index (χ1v) is 7.03. The smallest absolute Gasteiger partial charge is 0.211 e. The van der Waals surface area contributed by atoms with E-state index >= 15 is 0 Å². The van der Waals surface area contributed by atoms with Crippen molar-refractivity contribution < 1.29 is 8.42 Å². The predicted molar refractivity (Wildman–Crippen MR) is 55.6 cm³/mol. The lowest BCUT2D eigenvalue weighted by molar-refractivity contribution is 0.167. The van der Waals surface area contributed by atoms with E-state index in [1.54, 1.807) is 4.31 Å². The quantitative estimate of drug-likeness (QED) is 0.675. The summed E-state index contributed by atoms with van der Waals surface area (Å²) in [6.45, 7) is 3.45. The van der Waals surface area contributed by atoms with Crippen LogP contribution >= 0.6 is 0 Å². The molecule has 0 radical (unpaired) electrons. The van der Waals surface area contributed by atoms with E-state index in [-0.39, 0.29) is 5.41 Å². The van der Waals surface area contributed by atoms with Crippen molar-refractivity contribution in [2.75, 3.05) is 32.4 Å². The number of piperidine rings is 1. The van der Waals surface area contributed by atoms with Gasteiger partial charge in [0.05, 0.1) is 6.26 Å². The topological polar surface area (TPSA) is 49.4 Å². The molecule has 2 heterocycles. The highest BCUT2D eigenvalue weighted by atomic mass is 32.2. The van der Waals surface area contributed by atoms with Crippen LogP contribution in [0.25, 0.3) is 0 Å². The number of sulfonamides is 1. The van der Waals surface area contributed by atoms with E-state index in [4.69, 9.17) is 0 Å². The summed E-state index contributed by atoms with van der Waals surface area (Å²) in [7, 11) is -2.98. The van der Waals surface area contributed by atoms with Gasteiger partial charge in [-0.3, -0.25) is 0 Å². The van der Waals surface area contributed by atoms with Crippen molar-refractivity contribution in [3.05, 3.63) is 0 Å². The molecule has 0 bridgehead atoms. The SMILES string of the molecule is CS(=O)(=O)N1CCCC2(CCNC2)C1. The molecule has 1 spiro atoms. The van der Waals surface area contributed by atoms with Crippen LogP contribution in [0, 0.1) is 5.41 Å². The normalized spacial score (nSPS) is 35.2. The van der Waals surface area contributed by atoms with Crippen molar-refractivity contribution in [1.29, 1.82) is 0 Å². The lowest BCUT2D eigenvalue weighted by atomic mass is 9.80. The van der Waals surface area contributed by atoms with Crippen molar-refractivity contribution in [3.8, 4) is 0 Å². The van der Waals surface area contributed by atoms with Crippen LogP contribution in [0.3, 0.4) is 0 Å². The summed E-state index contributed by atoms with van der Waals surface area (Å²) in [4.78, 5) is 0. The number of nitrogens with one attached hydrogen (secondary N) is 1. The summed E-state index contributed by atoms with van der Waals surface area (Å²) >= 11 is 0. The van der Waals surface area contributed by atoms with Gasteiger partial charge in [-0.05, 0) is 31.2 Å². The van der Waals surface area contributed by atoms with Gasteiger partial charge in [-0.25, -0.2) is 12.7 Å². The average molecular weight is 218 g/mol. The molecule has 5 heteroatoms. The zero-order valence-corrected chi connectivity index (χ0v) is 9.44. The largest absolute Gasteiger partial charge is 0.316 e. The zero-order valence-electron chi connectivity index (χ0n) is 8.62. The maximum absolute atomic E-state index is 11.4. The van der Waals surface area contributed by atoms with Crippen LogP contribution in [0.1, 0.15) is 19.3 Å². The Morgan fingerprint density at radius 1 is 1.36 bits per heavy atom. The maximum Gasteiger partial charge on any atom is 0.211 e. The van der Waals surface area contributed by atoms with Crippen molar-refractivity contribution >= 4 is 10.0 Å². The molecule has 0 aromatic heterocycles. The highest BCUT2D eigenvalue weighted by Crippen LogP contribution is 2.36. The molecule has 1 unspecified atom stereocenters. The second-order valence-corrected chi connectivity index (χ2v) is 6.61. The van der Waals surface area contributed by atoms with Crippen molar-refractivity contribution in [2.45, 2.75) is 19.3 Å². The summed E-state index contributed by atoms with van der Waals surface area (Å²) < 4.78 is 24.5. The van der Waals surface area contributed by atoms with Crippen molar-refractivity contribution in [2.24, 2.45) is 5.41 Å². The molecule has 2 fully saturated rings. The minimum absolute atomic E-state index is 0.237. The Morgan fingerprint density at radius 3 is 2.71 bits per heavy atom. The fraction of sp³-hybridized carbons (Fsp3) is 1.00. The van der Waals surface area contributed by atoms with Crippen molar-refractivity contribution in [3.63, 3.8) is 0 Å². The second kappa shape index (κ2) is 3.47. The van der Waals surface area contributed by atoms with Crippen LogP contribution < -0.4 is 5.32 Å². The van der Waals surface area contributed by atoms with Gasteiger partial charge in [-0.15, -0.1) is 0 Å². The van der Waals surface area contributed by atoms with Crippen LogP contribution in [0.15, 0.2) is 0 Å². The van der Waals surface area contributed by atoms with E-state index in [1.165, 1.54) is 12.7 Å². The molecule has 0 saturated carbocycles. The molecular formula is C9H18N2O2S. The molecule has 0 amide bonds. The van der Waals surface area contributed by atoms with E-state index in [9.17, 15) is 8.42 Å². The maximum atomic E-state index is 11.4. The van der Waals surface area contributed by atoms with Gasteiger partial charge >= 0.3 is 0 Å². The van der Waals surface area contributed by atoms with Gasteiger partial charge in [0.25, 0.3) is 0 Å². The van der Waals surface area contributed by atoms with Gasteiger partial charge < -0.3 is 5.32 Å². The molecule has 2 aliphatic rings. The van der Waals surface area contributed by atoms with E-state index in [0.717, 1.165) is 32.5 Å². The third-order valence-corrected chi connectivity index (χ3v) is 4.68. The fourth-order valence-electron chi connectivity index (χ4n) is 2.59. The van der Waals surface area contributed by atoms with Crippen LogP contribution in [0.5, 0.6) is 0 Å². The molecule has 0 aliphatic carbocycles. The Kier molecular flexibility index (Phi) is 2.57. The highest BCUT2D eigenvalue weighted by Gasteiger charge is 2.40. The van der Waals surface area contributed by atoms with E-state index < -0.39 is 10.0 Å². The molecule has 2 saturated heterocycles. The molecule has 1 atom stereocenters. The molecule has 0 aromatic rings. The Morgan fingerprint density at radius 2 is 2.14 bits per heavy atom. The van der Waals surface area contributed by atoms with Gasteiger partial charge in [-0.2, -0.15) is 0 Å². The number of hydrogen-bond acceptors (Lipinski definition) is 3. The number of nitrogens with zero attached hydrogens (tertiary/aromatic N) is 1. The average Bonchev–Trinajstić information content (AvgIpc) is 2.52. The molecule has 0 aromatic carbocycles. The van der Waals surface area contributed by atoms with E-state index in [0.29, 0.717) is 6.54 Å². The first kappa shape index (κ1) is 10.4. The lowest BCUT2D eigenvalue weighted by Gasteiger charge is -2.38. The summed E-state index contributed by atoms with van der Waals surface area (Å²) in [6, 6.07) is 0. The first-order chi connectivity index (χ1) is 6.52. The van der Waals surface area contributed by atoms with Gasteiger partial charge in [0, 0.05) is 19.6 Å². The molecule has 82 valence electrons. The minimum Gasteiger partial charge on any atom is -0.316 e. The molecule has 2 rings (SSSR count). The second-order valence-electron chi connectivity index (χ2n) is 4.63. The number of hydrogen-bond donors (Lipinski definition) is 1. The highest BCUT2D eigenvalue weighted by molar-refractivity contribution is 7.88. The van der Waals surface area contributed by atoms with Crippen LogP contribution in [-0.4, -0.2) is 45.2 Å². The molecular weight excluding hydrogens is 200 g/mol. The monoisotopic (exact) mass is 218 g/mol. The first-order valence-electron chi connectivity index (χ1n) is 5.18. The van der Waals surface area contributed by atoms with Crippen LogP contribution in [0.4, 0.5) is 0 Å². The third kappa shape index (κ3) is 1.94. The van der Waals surface area contributed by atoms with E-state index in [1.807, 2.05) is 0 Å². The molecule has 2 aliphatic heterocycles. The van der Waals surface area contributed by atoms with Gasteiger partial charge in [0.2, 0.25) is 10.0 Å². The Balaban J connectivity index is 2.11. The Hall–Kier alpha value is -0.130. The standard InChI is InChI=1S/C9H18N2O2S/c1-14(12,13)11-6-2-3-9(8-11)4-5-10-7-9/h10H,2-8H2,1H3. The fourth-order valence-corrected chi connectivity index (χ4v) is 3.56.